The van der Waals surface area contributed by atoms with Crippen LogP contribution in [0.1, 0.15) is 42.3 Å². The Morgan fingerprint density at radius 3 is 2.71 bits per heavy atom. The van der Waals surface area contributed by atoms with Crippen molar-refractivity contribution in [3.05, 3.63) is 46.5 Å². The van der Waals surface area contributed by atoms with Gasteiger partial charge in [0.25, 0.3) is 0 Å². The van der Waals surface area contributed by atoms with Gasteiger partial charge in [-0.15, -0.1) is 0 Å². The van der Waals surface area contributed by atoms with Crippen LogP contribution in [0.3, 0.4) is 0 Å². The lowest BCUT2D eigenvalue weighted by atomic mass is 10.1. The molecule has 0 bridgehead atoms. The van der Waals surface area contributed by atoms with E-state index >= 15 is 0 Å². The number of para-hydroxylation sites is 1. The molecule has 1 aromatic heterocycles. The number of hydrogen-bond acceptors (Lipinski definition) is 2. The first-order chi connectivity index (χ1) is 10.1. The molecule has 3 nitrogen and oxygen atoms in total. The highest BCUT2D eigenvalue weighted by Gasteiger charge is 2.22. The molecule has 1 saturated carbocycles. The number of aryl methyl sites for hydroxylation is 1. The summed E-state index contributed by atoms with van der Waals surface area (Å²) in [5.41, 5.74) is 4.78. The molecule has 1 fully saturated rings. The molecular formula is C17H22FN3. The average molecular weight is 287 g/mol. The molecule has 3 rings (SSSR count). The van der Waals surface area contributed by atoms with Crippen LogP contribution in [0.4, 0.5) is 4.39 Å². The van der Waals surface area contributed by atoms with Gasteiger partial charge in [-0.1, -0.05) is 19.1 Å². The first kappa shape index (κ1) is 14.3. The van der Waals surface area contributed by atoms with Crippen molar-refractivity contribution in [3.63, 3.8) is 0 Å². The van der Waals surface area contributed by atoms with E-state index < -0.39 is 0 Å². The number of hydrogen-bond donors (Lipinski definition) is 1. The highest BCUT2D eigenvalue weighted by Crippen LogP contribution is 2.25. The van der Waals surface area contributed by atoms with Crippen LogP contribution in [0.5, 0.6) is 0 Å². The molecule has 0 unspecified atom stereocenters. The van der Waals surface area contributed by atoms with Crippen LogP contribution < -0.4 is 5.32 Å². The minimum atomic E-state index is -0.210. The zero-order chi connectivity index (χ0) is 15.0. The predicted octanol–water partition coefficient (Wildman–Crippen LogP) is 3.44. The third-order valence-corrected chi connectivity index (χ3v) is 4.24. The Kier molecular flexibility index (Phi) is 3.81. The van der Waals surface area contributed by atoms with Crippen LogP contribution in [-0.2, 0) is 13.0 Å². The maximum Gasteiger partial charge on any atom is 0.149 e. The van der Waals surface area contributed by atoms with Crippen molar-refractivity contribution in [2.75, 3.05) is 0 Å². The van der Waals surface area contributed by atoms with Crippen molar-refractivity contribution in [1.29, 1.82) is 0 Å². The van der Waals surface area contributed by atoms with Crippen LogP contribution in [0, 0.1) is 19.7 Å². The fourth-order valence-electron chi connectivity index (χ4n) is 2.89. The summed E-state index contributed by atoms with van der Waals surface area (Å²) in [5.74, 6) is -0.210. The van der Waals surface area contributed by atoms with Gasteiger partial charge in [0.15, 0.2) is 0 Å². The topological polar surface area (TPSA) is 29.9 Å². The van der Waals surface area contributed by atoms with E-state index in [2.05, 4.69) is 17.3 Å². The van der Waals surface area contributed by atoms with E-state index in [-0.39, 0.29) is 5.82 Å². The molecule has 1 heterocycles. The lowest BCUT2D eigenvalue weighted by molar-refractivity contribution is 0.597. The van der Waals surface area contributed by atoms with Gasteiger partial charge in [-0.25, -0.2) is 9.07 Å². The van der Waals surface area contributed by atoms with E-state index in [4.69, 9.17) is 0 Å². The molecular weight excluding hydrogens is 265 g/mol. The Hall–Kier alpha value is -1.68. The lowest BCUT2D eigenvalue weighted by Crippen LogP contribution is -2.18. The molecule has 0 amide bonds. The Bertz CT molecular complexity index is 656. The largest absolute Gasteiger partial charge is 0.310 e. The Balaban J connectivity index is 2.03. The monoisotopic (exact) mass is 287 g/mol. The van der Waals surface area contributed by atoms with E-state index in [0.29, 0.717) is 18.3 Å². The third kappa shape index (κ3) is 2.72. The van der Waals surface area contributed by atoms with E-state index in [1.807, 2.05) is 19.9 Å². The van der Waals surface area contributed by atoms with Crippen LogP contribution >= 0.6 is 0 Å². The normalized spacial score (nSPS) is 14.7. The summed E-state index contributed by atoms with van der Waals surface area (Å²) >= 11 is 0. The van der Waals surface area contributed by atoms with E-state index in [0.717, 1.165) is 23.4 Å². The first-order valence-electron chi connectivity index (χ1n) is 7.68. The van der Waals surface area contributed by atoms with Crippen molar-refractivity contribution >= 4 is 0 Å². The minimum Gasteiger partial charge on any atom is -0.310 e. The van der Waals surface area contributed by atoms with Gasteiger partial charge in [-0.05, 0) is 50.3 Å². The molecule has 0 spiro atoms. The summed E-state index contributed by atoms with van der Waals surface area (Å²) in [6.07, 6.45) is 3.37. The predicted molar refractivity (Wildman–Crippen MR) is 82.2 cm³/mol. The molecule has 1 aliphatic rings. The maximum atomic E-state index is 14.4. The standard InChI is InChI=1S/C17H22FN3/c1-4-15-11(2)20-21(12(15)3)17-13(6-5-7-16(17)18)10-19-14-8-9-14/h5-7,14,19H,4,8-10H2,1-3H3. The average Bonchev–Trinajstić information content (AvgIpc) is 3.23. The molecule has 0 atom stereocenters. The first-order valence-corrected chi connectivity index (χ1v) is 7.68. The van der Waals surface area contributed by atoms with Gasteiger partial charge in [0, 0.05) is 18.3 Å². The molecule has 0 radical (unpaired) electrons. The molecule has 112 valence electrons. The summed E-state index contributed by atoms with van der Waals surface area (Å²) < 4.78 is 16.2. The highest BCUT2D eigenvalue weighted by atomic mass is 19.1. The summed E-state index contributed by atoms with van der Waals surface area (Å²) in [6.45, 7) is 6.81. The van der Waals surface area contributed by atoms with Gasteiger partial charge < -0.3 is 5.32 Å². The van der Waals surface area contributed by atoms with Crippen molar-refractivity contribution in [2.45, 2.75) is 52.6 Å². The molecule has 2 aromatic rings. The molecule has 0 aliphatic heterocycles. The second-order valence-corrected chi connectivity index (χ2v) is 5.82. The van der Waals surface area contributed by atoms with Crippen LogP contribution in [-0.4, -0.2) is 15.8 Å². The Morgan fingerprint density at radius 2 is 2.10 bits per heavy atom. The second kappa shape index (κ2) is 5.60. The van der Waals surface area contributed by atoms with Gasteiger partial charge in [-0.2, -0.15) is 5.10 Å². The number of nitrogens with zero attached hydrogens (tertiary/aromatic N) is 2. The number of halogens is 1. The zero-order valence-corrected chi connectivity index (χ0v) is 12.9. The fraction of sp³-hybridized carbons (Fsp3) is 0.471. The third-order valence-electron chi connectivity index (χ3n) is 4.24. The van der Waals surface area contributed by atoms with Gasteiger partial charge in [-0.3, -0.25) is 0 Å². The lowest BCUT2D eigenvalue weighted by Gasteiger charge is -2.13. The van der Waals surface area contributed by atoms with Gasteiger partial charge in [0.2, 0.25) is 0 Å². The van der Waals surface area contributed by atoms with Crippen LogP contribution in [0.15, 0.2) is 18.2 Å². The van der Waals surface area contributed by atoms with Crippen LogP contribution in [0.2, 0.25) is 0 Å². The molecule has 21 heavy (non-hydrogen) atoms. The molecule has 1 aliphatic carbocycles. The summed E-state index contributed by atoms with van der Waals surface area (Å²) in [6, 6.07) is 5.87. The van der Waals surface area contributed by atoms with Gasteiger partial charge in [0.1, 0.15) is 11.5 Å². The van der Waals surface area contributed by atoms with Gasteiger partial charge in [0.05, 0.1) is 5.69 Å². The second-order valence-electron chi connectivity index (χ2n) is 5.82. The van der Waals surface area contributed by atoms with Crippen LogP contribution in [0.25, 0.3) is 5.69 Å². The zero-order valence-electron chi connectivity index (χ0n) is 12.9. The summed E-state index contributed by atoms with van der Waals surface area (Å²) in [4.78, 5) is 0. The maximum absolute atomic E-state index is 14.4. The Morgan fingerprint density at radius 1 is 1.33 bits per heavy atom. The molecule has 1 N–H and O–H groups in total. The molecule has 0 saturated heterocycles. The Labute approximate surface area is 125 Å². The van der Waals surface area contributed by atoms with Gasteiger partial charge >= 0.3 is 0 Å². The highest BCUT2D eigenvalue weighted by molar-refractivity contribution is 5.45. The number of rotatable bonds is 5. The quantitative estimate of drug-likeness (QED) is 0.913. The van der Waals surface area contributed by atoms with Crippen molar-refractivity contribution in [1.82, 2.24) is 15.1 Å². The van der Waals surface area contributed by atoms with E-state index in [1.54, 1.807) is 10.7 Å². The number of aromatic nitrogens is 2. The van der Waals surface area contributed by atoms with Crippen molar-refractivity contribution in [3.8, 4) is 5.69 Å². The number of nitrogens with one attached hydrogen (secondary N) is 1. The van der Waals surface area contributed by atoms with Crippen molar-refractivity contribution < 1.29 is 4.39 Å². The van der Waals surface area contributed by atoms with E-state index in [9.17, 15) is 4.39 Å². The number of benzene rings is 1. The molecule has 4 heteroatoms. The van der Waals surface area contributed by atoms with Crippen molar-refractivity contribution in [2.24, 2.45) is 0 Å². The fourth-order valence-corrected chi connectivity index (χ4v) is 2.89. The smallest absolute Gasteiger partial charge is 0.149 e. The summed E-state index contributed by atoms with van der Waals surface area (Å²) in [5, 5.41) is 8.02. The molecule has 1 aromatic carbocycles. The summed E-state index contributed by atoms with van der Waals surface area (Å²) in [7, 11) is 0. The van der Waals surface area contributed by atoms with E-state index in [1.165, 1.54) is 24.5 Å². The SMILES string of the molecule is CCc1c(C)nn(-c2c(F)cccc2CNC2CC2)c1C. The minimum absolute atomic E-state index is 0.210.